The largest absolute Gasteiger partial charge is 0.489 e. The summed E-state index contributed by atoms with van der Waals surface area (Å²) in [6.45, 7) is 3.22. The Morgan fingerprint density at radius 2 is 1.94 bits per heavy atom. The SMILES string of the molecule is O=c1cc(OCc2ccccc2)ccn1-c1ccc2c(cnn2CCN2CCC(F)C2)c1. The molecule has 7 heteroatoms. The van der Waals surface area contributed by atoms with E-state index in [1.54, 1.807) is 16.8 Å². The van der Waals surface area contributed by atoms with Crippen LogP contribution in [0.5, 0.6) is 5.75 Å². The van der Waals surface area contributed by atoms with Gasteiger partial charge in [-0.15, -0.1) is 0 Å². The third-order valence-electron chi connectivity index (χ3n) is 5.89. The van der Waals surface area contributed by atoms with Crippen LogP contribution in [0.4, 0.5) is 4.39 Å². The van der Waals surface area contributed by atoms with Crippen LogP contribution in [0.1, 0.15) is 12.0 Å². The van der Waals surface area contributed by atoms with Crippen LogP contribution >= 0.6 is 0 Å². The molecule has 0 radical (unpaired) electrons. The minimum absolute atomic E-state index is 0.155. The Balaban J connectivity index is 1.29. The predicted molar refractivity (Wildman–Crippen MR) is 122 cm³/mol. The zero-order chi connectivity index (χ0) is 21.9. The van der Waals surface area contributed by atoms with Crippen LogP contribution < -0.4 is 10.3 Å². The Bertz CT molecular complexity index is 1270. The molecule has 0 amide bonds. The Morgan fingerprint density at radius 1 is 1.06 bits per heavy atom. The van der Waals surface area contributed by atoms with Gasteiger partial charge in [-0.25, -0.2) is 4.39 Å². The summed E-state index contributed by atoms with van der Waals surface area (Å²) >= 11 is 0. The van der Waals surface area contributed by atoms with Crippen LogP contribution in [0.2, 0.25) is 0 Å². The number of halogens is 1. The lowest BCUT2D eigenvalue weighted by atomic mass is 10.2. The molecule has 32 heavy (non-hydrogen) atoms. The van der Waals surface area contributed by atoms with Crippen LogP contribution in [0.15, 0.2) is 77.9 Å². The van der Waals surface area contributed by atoms with E-state index in [1.165, 1.54) is 6.07 Å². The Labute approximate surface area is 185 Å². The number of alkyl halides is 1. The number of nitrogens with zero attached hydrogens (tertiary/aromatic N) is 4. The summed E-state index contributed by atoms with van der Waals surface area (Å²) in [6.07, 6.45) is 3.45. The zero-order valence-electron chi connectivity index (χ0n) is 17.7. The number of pyridine rings is 1. The number of aromatic nitrogens is 3. The number of hydrogen-bond donors (Lipinski definition) is 0. The molecule has 1 atom stereocenters. The van der Waals surface area contributed by atoms with Crippen molar-refractivity contribution in [1.29, 1.82) is 0 Å². The summed E-state index contributed by atoms with van der Waals surface area (Å²) in [5, 5.41) is 5.45. The first-order valence-corrected chi connectivity index (χ1v) is 10.9. The highest BCUT2D eigenvalue weighted by Crippen LogP contribution is 2.19. The zero-order valence-corrected chi connectivity index (χ0v) is 17.7. The fraction of sp³-hybridized carbons (Fsp3) is 0.280. The van der Waals surface area contributed by atoms with Gasteiger partial charge >= 0.3 is 0 Å². The van der Waals surface area contributed by atoms with E-state index in [4.69, 9.17) is 4.74 Å². The molecule has 0 bridgehead atoms. The second-order valence-electron chi connectivity index (χ2n) is 8.14. The maximum atomic E-state index is 13.4. The summed E-state index contributed by atoms with van der Waals surface area (Å²) in [6, 6.07) is 19.0. The molecule has 2 aromatic carbocycles. The number of benzene rings is 2. The average molecular weight is 432 g/mol. The highest BCUT2D eigenvalue weighted by molar-refractivity contribution is 5.80. The Kier molecular flexibility index (Phi) is 5.73. The van der Waals surface area contributed by atoms with Gasteiger partial charge in [0.1, 0.15) is 18.5 Å². The van der Waals surface area contributed by atoms with E-state index in [2.05, 4.69) is 10.00 Å². The summed E-state index contributed by atoms with van der Waals surface area (Å²) in [4.78, 5) is 14.8. The molecular formula is C25H25FN4O2. The van der Waals surface area contributed by atoms with E-state index >= 15 is 0 Å². The first-order valence-electron chi connectivity index (χ1n) is 10.9. The summed E-state index contributed by atoms with van der Waals surface area (Å²) in [7, 11) is 0. The highest BCUT2D eigenvalue weighted by Gasteiger charge is 2.21. The first-order chi connectivity index (χ1) is 15.7. The quantitative estimate of drug-likeness (QED) is 0.446. The second kappa shape index (κ2) is 8.96. The number of hydrogen-bond acceptors (Lipinski definition) is 4. The molecule has 1 aliphatic heterocycles. The van der Waals surface area contributed by atoms with E-state index in [9.17, 15) is 9.18 Å². The molecule has 3 heterocycles. The smallest absolute Gasteiger partial charge is 0.258 e. The van der Waals surface area contributed by atoms with Crippen LogP contribution in [0, 0.1) is 0 Å². The molecule has 0 saturated carbocycles. The molecule has 6 nitrogen and oxygen atoms in total. The van der Waals surface area contributed by atoms with Gasteiger partial charge in [0.05, 0.1) is 18.3 Å². The van der Waals surface area contributed by atoms with Crippen molar-refractivity contribution in [3.05, 3.63) is 89.0 Å². The lowest BCUT2D eigenvalue weighted by Crippen LogP contribution is -2.25. The van der Waals surface area contributed by atoms with E-state index in [0.29, 0.717) is 31.9 Å². The van der Waals surface area contributed by atoms with Crippen molar-refractivity contribution in [2.24, 2.45) is 0 Å². The monoisotopic (exact) mass is 432 g/mol. The van der Waals surface area contributed by atoms with E-state index < -0.39 is 6.17 Å². The highest BCUT2D eigenvalue weighted by atomic mass is 19.1. The predicted octanol–water partition coefficient (Wildman–Crippen LogP) is 3.81. The molecule has 0 N–H and O–H groups in total. The average Bonchev–Trinajstić information content (AvgIpc) is 3.42. The number of fused-ring (bicyclic) bond motifs is 1. The molecule has 1 aliphatic rings. The molecule has 164 valence electrons. The van der Waals surface area contributed by atoms with Crippen molar-refractivity contribution in [2.75, 3.05) is 19.6 Å². The van der Waals surface area contributed by atoms with Crippen molar-refractivity contribution in [3.63, 3.8) is 0 Å². The lowest BCUT2D eigenvalue weighted by Gasteiger charge is -2.14. The summed E-state index contributed by atoms with van der Waals surface area (Å²) in [5.74, 6) is 0.543. The van der Waals surface area contributed by atoms with E-state index in [-0.39, 0.29) is 5.56 Å². The normalized spacial score (nSPS) is 16.6. The number of ether oxygens (including phenoxy) is 1. The van der Waals surface area contributed by atoms with E-state index in [1.807, 2.05) is 59.4 Å². The van der Waals surface area contributed by atoms with Gasteiger partial charge in [-0.2, -0.15) is 5.10 Å². The minimum Gasteiger partial charge on any atom is -0.489 e. The first kappa shape index (κ1) is 20.5. The van der Waals surface area contributed by atoms with Gasteiger partial charge in [-0.05, 0) is 36.2 Å². The molecule has 5 rings (SSSR count). The van der Waals surface area contributed by atoms with Crippen LogP contribution in [-0.2, 0) is 13.2 Å². The molecule has 1 unspecified atom stereocenters. The second-order valence-corrected chi connectivity index (χ2v) is 8.14. The van der Waals surface area contributed by atoms with Crippen molar-refractivity contribution in [2.45, 2.75) is 25.7 Å². The third-order valence-corrected chi connectivity index (χ3v) is 5.89. The topological polar surface area (TPSA) is 52.3 Å². The van der Waals surface area contributed by atoms with Crippen molar-refractivity contribution < 1.29 is 9.13 Å². The Morgan fingerprint density at radius 3 is 2.72 bits per heavy atom. The van der Waals surface area contributed by atoms with Gasteiger partial charge in [0.15, 0.2) is 0 Å². The maximum absolute atomic E-state index is 13.4. The molecular weight excluding hydrogens is 407 g/mol. The van der Waals surface area contributed by atoms with Gasteiger partial charge in [-0.1, -0.05) is 30.3 Å². The van der Waals surface area contributed by atoms with Gasteiger partial charge < -0.3 is 4.74 Å². The number of rotatable bonds is 7. The fourth-order valence-corrected chi connectivity index (χ4v) is 4.13. The molecule has 1 saturated heterocycles. The molecule has 1 fully saturated rings. The third kappa shape index (κ3) is 4.43. The molecule has 0 spiro atoms. The van der Waals surface area contributed by atoms with Gasteiger partial charge in [0, 0.05) is 43.0 Å². The van der Waals surface area contributed by atoms with Crippen LogP contribution in [0.25, 0.3) is 16.6 Å². The van der Waals surface area contributed by atoms with Crippen molar-refractivity contribution in [1.82, 2.24) is 19.2 Å². The molecule has 0 aliphatic carbocycles. The Hall–Kier alpha value is -3.45. The lowest BCUT2D eigenvalue weighted by molar-refractivity contribution is 0.277. The maximum Gasteiger partial charge on any atom is 0.258 e. The van der Waals surface area contributed by atoms with E-state index in [0.717, 1.165) is 35.2 Å². The van der Waals surface area contributed by atoms with Crippen LogP contribution in [-0.4, -0.2) is 45.1 Å². The van der Waals surface area contributed by atoms with Gasteiger partial charge in [0.25, 0.3) is 5.56 Å². The van der Waals surface area contributed by atoms with Crippen molar-refractivity contribution in [3.8, 4) is 11.4 Å². The van der Waals surface area contributed by atoms with Crippen molar-refractivity contribution >= 4 is 10.9 Å². The summed E-state index contributed by atoms with van der Waals surface area (Å²) < 4.78 is 22.7. The minimum atomic E-state index is -0.708. The molecule has 4 aromatic rings. The fourth-order valence-electron chi connectivity index (χ4n) is 4.13. The summed E-state index contributed by atoms with van der Waals surface area (Å²) in [5.41, 5.74) is 2.67. The van der Waals surface area contributed by atoms with Gasteiger partial charge in [-0.3, -0.25) is 18.9 Å². The molecule has 2 aromatic heterocycles. The number of likely N-dealkylation sites (tertiary alicyclic amines) is 1. The standard InChI is InChI=1S/C25H25FN4O2/c26-21-8-10-28(17-21)12-13-30-24-7-6-22(14-20(24)16-27-30)29-11-9-23(15-25(29)31)32-18-19-4-2-1-3-5-19/h1-7,9,11,14-16,21H,8,10,12-13,17-18H2. The van der Waals surface area contributed by atoms with Crippen LogP contribution in [0.3, 0.4) is 0 Å². The van der Waals surface area contributed by atoms with Gasteiger partial charge in [0.2, 0.25) is 0 Å².